The summed E-state index contributed by atoms with van der Waals surface area (Å²) in [6.45, 7) is 3.75. The second-order valence-corrected chi connectivity index (χ2v) is 2.77. The van der Waals surface area contributed by atoms with Crippen LogP contribution in [0.2, 0.25) is 5.15 Å². The van der Waals surface area contributed by atoms with E-state index in [1.165, 1.54) is 6.07 Å². The van der Waals surface area contributed by atoms with Crippen molar-refractivity contribution in [3.63, 3.8) is 0 Å². The predicted octanol–water partition coefficient (Wildman–Crippen LogP) is 1.62. The minimum absolute atomic E-state index is 0.189. The molecule has 0 spiro atoms. The van der Waals surface area contributed by atoms with Gasteiger partial charge in [-0.05, 0) is 19.9 Å². The number of aromatic nitrogens is 2. The van der Waals surface area contributed by atoms with E-state index in [4.69, 9.17) is 16.3 Å². The van der Waals surface area contributed by atoms with E-state index in [1.54, 1.807) is 13.8 Å². The summed E-state index contributed by atoms with van der Waals surface area (Å²) in [6, 6.07) is 1.45. The van der Waals surface area contributed by atoms with Crippen LogP contribution in [0.25, 0.3) is 0 Å². The number of nitrogens with zero attached hydrogens (tertiary/aromatic N) is 2. The highest BCUT2D eigenvalue weighted by molar-refractivity contribution is 6.29. The Balaban J connectivity index is 2.99. The van der Waals surface area contributed by atoms with Crippen molar-refractivity contribution in [2.24, 2.45) is 0 Å². The van der Waals surface area contributed by atoms with Gasteiger partial charge in [-0.15, -0.1) is 5.10 Å². The van der Waals surface area contributed by atoms with Crippen LogP contribution < -0.4 is 0 Å². The van der Waals surface area contributed by atoms with E-state index in [2.05, 4.69) is 10.2 Å². The molecule has 0 radical (unpaired) electrons. The molecule has 13 heavy (non-hydrogen) atoms. The number of aryl methyl sites for hydroxylation is 1. The molecule has 0 amide bonds. The molecule has 1 heterocycles. The Morgan fingerprint density at radius 3 is 2.92 bits per heavy atom. The third kappa shape index (κ3) is 2.39. The molecule has 0 aliphatic heterocycles. The summed E-state index contributed by atoms with van der Waals surface area (Å²) in [5.41, 5.74) is 0.879. The van der Waals surface area contributed by atoms with Gasteiger partial charge in [-0.3, -0.25) is 0 Å². The molecular weight excluding hydrogens is 192 g/mol. The molecule has 1 aromatic heterocycles. The quantitative estimate of drug-likeness (QED) is 0.681. The summed E-state index contributed by atoms with van der Waals surface area (Å²) >= 11 is 5.58. The molecule has 0 saturated carbocycles. The van der Waals surface area contributed by atoms with Crippen LogP contribution in [0, 0.1) is 6.92 Å². The molecule has 1 rings (SSSR count). The van der Waals surface area contributed by atoms with Crippen molar-refractivity contribution < 1.29 is 9.53 Å². The first-order valence-corrected chi connectivity index (χ1v) is 4.20. The lowest BCUT2D eigenvalue weighted by Gasteiger charge is -2.03. The van der Waals surface area contributed by atoms with Crippen LogP contribution in [0.4, 0.5) is 0 Å². The highest BCUT2D eigenvalue weighted by atomic mass is 35.5. The van der Waals surface area contributed by atoms with Gasteiger partial charge < -0.3 is 4.74 Å². The monoisotopic (exact) mass is 200 g/mol. The van der Waals surface area contributed by atoms with Gasteiger partial charge in [-0.2, -0.15) is 5.10 Å². The summed E-state index contributed by atoms with van der Waals surface area (Å²) in [7, 11) is 0. The summed E-state index contributed by atoms with van der Waals surface area (Å²) in [6.07, 6.45) is 0. The molecule has 0 bridgehead atoms. The van der Waals surface area contributed by atoms with Crippen molar-refractivity contribution in [2.45, 2.75) is 13.8 Å². The Labute approximate surface area is 80.9 Å². The van der Waals surface area contributed by atoms with Crippen molar-refractivity contribution in [3.05, 3.63) is 22.5 Å². The van der Waals surface area contributed by atoms with Gasteiger partial charge in [0.25, 0.3) is 0 Å². The van der Waals surface area contributed by atoms with Crippen molar-refractivity contribution in [1.29, 1.82) is 0 Å². The smallest absolute Gasteiger partial charge is 0.340 e. The Bertz CT molecular complexity index is 328. The van der Waals surface area contributed by atoms with Crippen molar-refractivity contribution in [2.75, 3.05) is 6.61 Å². The molecule has 0 saturated heterocycles. The Morgan fingerprint density at radius 1 is 1.62 bits per heavy atom. The fraction of sp³-hybridized carbons (Fsp3) is 0.375. The number of carbonyl (C=O) groups is 1. The maximum absolute atomic E-state index is 11.3. The van der Waals surface area contributed by atoms with Gasteiger partial charge >= 0.3 is 5.97 Å². The van der Waals surface area contributed by atoms with Gasteiger partial charge in [-0.25, -0.2) is 4.79 Å². The third-order valence-electron chi connectivity index (χ3n) is 1.44. The van der Waals surface area contributed by atoms with E-state index in [1.807, 2.05) is 0 Å². The van der Waals surface area contributed by atoms with Gasteiger partial charge in [0, 0.05) is 0 Å². The van der Waals surface area contributed by atoms with Crippen LogP contribution >= 0.6 is 11.6 Å². The lowest BCUT2D eigenvalue weighted by molar-refractivity contribution is 0.0524. The van der Waals surface area contributed by atoms with Gasteiger partial charge in [0.1, 0.15) is 0 Å². The van der Waals surface area contributed by atoms with E-state index < -0.39 is 5.97 Å². The maximum Gasteiger partial charge on any atom is 0.340 e. The lowest BCUT2D eigenvalue weighted by Crippen LogP contribution is -2.08. The molecule has 5 heteroatoms. The number of hydrogen-bond donors (Lipinski definition) is 0. The van der Waals surface area contributed by atoms with E-state index in [9.17, 15) is 4.79 Å². The maximum atomic E-state index is 11.3. The van der Waals surface area contributed by atoms with E-state index in [0.717, 1.165) is 0 Å². The molecule has 0 aliphatic rings. The topological polar surface area (TPSA) is 52.1 Å². The lowest BCUT2D eigenvalue weighted by atomic mass is 10.2. The fourth-order valence-electron chi connectivity index (χ4n) is 0.845. The van der Waals surface area contributed by atoms with Crippen LogP contribution in [-0.4, -0.2) is 22.8 Å². The van der Waals surface area contributed by atoms with Crippen LogP contribution in [0.3, 0.4) is 0 Å². The molecule has 0 atom stereocenters. The first-order valence-electron chi connectivity index (χ1n) is 3.82. The standard InChI is InChI=1S/C8H9ClN2O2/c1-3-13-8(12)6-4-7(9)11-10-5(6)2/h4H,3H2,1-2H3. The largest absolute Gasteiger partial charge is 0.462 e. The van der Waals surface area contributed by atoms with Gasteiger partial charge in [0.2, 0.25) is 0 Å². The summed E-state index contributed by atoms with van der Waals surface area (Å²) < 4.78 is 4.80. The minimum Gasteiger partial charge on any atom is -0.462 e. The molecule has 0 fully saturated rings. The highest BCUT2D eigenvalue weighted by Crippen LogP contribution is 2.10. The van der Waals surface area contributed by atoms with Gasteiger partial charge in [0.05, 0.1) is 17.9 Å². The zero-order valence-corrected chi connectivity index (χ0v) is 8.13. The number of rotatable bonds is 2. The average Bonchev–Trinajstić information content (AvgIpc) is 2.09. The summed E-state index contributed by atoms with van der Waals surface area (Å²) in [5, 5.41) is 7.48. The van der Waals surface area contributed by atoms with E-state index in [-0.39, 0.29) is 5.15 Å². The predicted molar refractivity (Wildman–Crippen MR) is 47.7 cm³/mol. The zero-order valence-electron chi connectivity index (χ0n) is 7.37. The van der Waals surface area contributed by atoms with Gasteiger partial charge in [-0.1, -0.05) is 11.6 Å². The Morgan fingerprint density at radius 2 is 2.31 bits per heavy atom. The SMILES string of the molecule is CCOC(=O)c1cc(Cl)nnc1C. The number of ether oxygens (including phenoxy) is 1. The Kier molecular flexibility index (Phi) is 3.19. The van der Waals surface area contributed by atoms with Crippen molar-refractivity contribution in [1.82, 2.24) is 10.2 Å². The first kappa shape index (κ1) is 9.92. The molecule has 0 aliphatic carbocycles. The summed E-state index contributed by atoms with van der Waals surface area (Å²) in [4.78, 5) is 11.3. The zero-order chi connectivity index (χ0) is 9.84. The molecule has 1 aromatic rings. The molecule has 0 N–H and O–H groups in total. The third-order valence-corrected chi connectivity index (χ3v) is 1.63. The van der Waals surface area contributed by atoms with Crippen molar-refractivity contribution in [3.8, 4) is 0 Å². The van der Waals surface area contributed by atoms with Crippen molar-refractivity contribution >= 4 is 17.6 Å². The number of esters is 1. The fourth-order valence-corrected chi connectivity index (χ4v) is 0.991. The normalized spacial score (nSPS) is 9.77. The molecule has 70 valence electrons. The second-order valence-electron chi connectivity index (χ2n) is 2.39. The molecule has 4 nitrogen and oxygen atoms in total. The van der Waals surface area contributed by atoms with E-state index >= 15 is 0 Å². The number of hydrogen-bond acceptors (Lipinski definition) is 4. The average molecular weight is 201 g/mol. The molecule has 0 unspecified atom stereocenters. The van der Waals surface area contributed by atoms with Crippen LogP contribution in [0.15, 0.2) is 6.07 Å². The number of carbonyl (C=O) groups excluding carboxylic acids is 1. The highest BCUT2D eigenvalue weighted by Gasteiger charge is 2.11. The number of halogens is 1. The van der Waals surface area contributed by atoms with E-state index in [0.29, 0.717) is 17.9 Å². The molecular formula is C8H9ClN2O2. The first-order chi connectivity index (χ1) is 6.15. The second kappa shape index (κ2) is 4.18. The Hall–Kier alpha value is -1.16. The van der Waals surface area contributed by atoms with Crippen LogP contribution in [0.5, 0.6) is 0 Å². The van der Waals surface area contributed by atoms with Gasteiger partial charge in [0.15, 0.2) is 5.15 Å². The minimum atomic E-state index is -0.420. The molecule has 0 aromatic carbocycles. The van der Waals surface area contributed by atoms with Crippen LogP contribution in [0.1, 0.15) is 23.0 Å². The summed E-state index contributed by atoms with van der Waals surface area (Å²) in [5.74, 6) is -0.420. The van der Waals surface area contributed by atoms with Crippen LogP contribution in [-0.2, 0) is 4.74 Å².